The molecule has 6 atom stereocenters. The Balaban J connectivity index is 1.28. The van der Waals surface area contributed by atoms with Gasteiger partial charge in [0.25, 0.3) is 0 Å². The molecular weight excluding hydrogens is 428 g/mol. The van der Waals surface area contributed by atoms with Gasteiger partial charge < -0.3 is 9.47 Å². The third kappa shape index (κ3) is 3.68. The number of carbonyl (C=O) groups excluding carboxylic acids is 3. The van der Waals surface area contributed by atoms with Crippen molar-refractivity contribution in [1.82, 2.24) is 0 Å². The van der Waals surface area contributed by atoms with E-state index in [1.165, 1.54) is 5.57 Å². The van der Waals surface area contributed by atoms with E-state index in [9.17, 15) is 14.4 Å². The molecule has 0 aliphatic heterocycles. The molecule has 178 valence electrons. The summed E-state index contributed by atoms with van der Waals surface area (Å²) in [4.78, 5) is 36.9. The van der Waals surface area contributed by atoms with Crippen LogP contribution in [-0.2, 0) is 19.1 Å². The first-order chi connectivity index (χ1) is 16.4. The van der Waals surface area contributed by atoms with Crippen molar-refractivity contribution in [3.05, 3.63) is 47.5 Å². The molecule has 3 saturated carbocycles. The maximum absolute atomic E-state index is 12.8. The van der Waals surface area contributed by atoms with Gasteiger partial charge in [-0.3, -0.25) is 4.79 Å². The third-order valence-corrected chi connectivity index (χ3v) is 9.27. The van der Waals surface area contributed by atoms with Crippen molar-refractivity contribution < 1.29 is 23.9 Å². The summed E-state index contributed by atoms with van der Waals surface area (Å²) in [6, 6.07) is 8.58. The molecule has 5 rings (SSSR count). The number of ether oxygens (including phenoxy) is 2. The fraction of sp³-hybridized carbons (Fsp3) is 0.552. The Morgan fingerprint density at radius 1 is 1.06 bits per heavy atom. The SMILES string of the molecule is C#CC1(OC(=O)COC(=O)c2ccccc2)CC[C@H]2[C@@H]3CCC4=CC(=O)CC[C@@H]4[C@H]3CC[C@@]21C. The maximum Gasteiger partial charge on any atom is 0.345 e. The molecule has 5 nitrogen and oxygen atoms in total. The zero-order valence-electron chi connectivity index (χ0n) is 19.8. The topological polar surface area (TPSA) is 69.7 Å². The van der Waals surface area contributed by atoms with E-state index in [0.29, 0.717) is 42.1 Å². The molecule has 34 heavy (non-hydrogen) atoms. The van der Waals surface area contributed by atoms with Crippen LogP contribution in [0, 0.1) is 41.4 Å². The standard InChI is InChI=1S/C29H32O5/c1-3-29(34-26(31)18-33-27(32)19-7-5-4-6-8-19)16-14-25-24-11-9-20-17-21(30)10-12-22(20)23(24)13-15-28(25,29)2/h1,4-8,17,22-25H,9-16,18H2,2H3/t22-,23+,24+,25-,28-,29?/m0/s1. The zero-order chi connectivity index (χ0) is 23.9. The van der Waals surface area contributed by atoms with Crippen LogP contribution < -0.4 is 0 Å². The molecule has 4 aliphatic carbocycles. The highest BCUT2D eigenvalue weighted by molar-refractivity contribution is 5.91. The second-order valence-corrected chi connectivity index (χ2v) is 10.7. The minimum atomic E-state index is -0.975. The van der Waals surface area contributed by atoms with Crippen LogP contribution in [0.1, 0.15) is 68.6 Å². The number of terminal acetylenes is 1. The molecule has 1 aromatic rings. The van der Waals surface area contributed by atoms with E-state index in [-0.39, 0.29) is 11.2 Å². The van der Waals surface area contributed by atoms with Gasteiger partial charge in [0.15, 0.2) is 18.0 Å². The lowest BCUT2D eigenvalue weighted by atomic mass is 9.50. The summed E-state index contributed by atoms with van der Waals surface area (Å²) < 4.78 is 11.2. The molecule has 4 aliphatic rings. The van der Waals surface area contributed by atoms with Gasteiger partial charge in [-0.25, -0.2) is 9.59 Å². The highest BCUT2D eigenvalue weighted by Crippen LogP contribution is 2.65. The highest BCUT2D eigenvalue weighted by Gasteiger charge is 2.64. The highest BCUT2D eigenvalue weighted by atomic mass is 16.6. The molecule has 0 bridgehead atoms. The van der Waals surface area contributed by atoms with Crippen LogP contribution >= 0.6 is 0 Å². The summed E-state index contributed by atoms with van der Waals surface area (Å²) in [6.07, 6.45) is 15.2. The Hall–Kier alpha value is -2.87. The molecule has 0 spiro atoms. The van der Waals surface area contributed by atoms with Crippen LogP contribution in [0.3, 0.4) is 0 Å². The maximum atomic E-state index is 12.8. The quantitative estimate of drug-likeness (QED) is 0.472. The Morgan fingerprint density at radius 3 is 2.62 bits per heavy atom. The fourth-order valence-electron chi connectivity index (χ4n) is 7.62. The van der Waals surface area contributed by atoms with Gasteiger partial charge in [-0.15, -0.1) is 6.42 Å². The fourth-order valence-corrected chi connectivity index (χ4v) is 7.62. The Kier molecular flexibility index (Phi) is 5.88. The normalized spacial score (nSPS) is 36.2. The lowest BCUT2D eigenvalue weighted by Crippen LogP contribution is -2.54. The third-order valence-electron chi connectivity index (χ3n) is 9.27. The lowest BCUT2D eigenvalue weighted by molar-refractivity contribution is -0.173. The molecule has 0 heterocycles. The van der Waals surface area contributed by atoms with E-state index in [0.717, 1.165) is 38.5 Å². The molecule has 0 amide bonds. The summed E-state index contributed by atoms with van der Waals surface area (Å²) in [5, 5.41) is 0. The smallest absolute Gasteiger partial charge is 0.345 e. The molecule has 1 unspecified atom stereocenters. The molecule has 0 saturated heterocycles. The van der Waals surface area contributed by atoms with E-state index >= 15 is 0 Å². The molecule has 3 fully saturated rings. The van der Waals surface area contributed by atoms with Gasteiger partial charge in [0, 0.05) is 11.8 Å². The van der Waals surface area contributed by atoms with Crippen LogP contribution in [0.25, 0.3) is 0 Å². The summed E-state index contributed by atoms with van der Waals surface area (Å²) in [6.45, 7) is 1.74. The van der Waals surface area contributed by atoms with Gasteiger partial charge in [0.05, 0.1) is 5.56 Å². The Bertz CT molecular complexity index is 1070. The van der Waals surface area contributed by atoms with Gasteiger partial charge in [0.2, 0.25) is 0 Å². The van der Waals surface area contributed by atoms with Gasteiger partial charge in [-0.05, 0) is 86.8 Å². The number of rotatable bonds is 4. The number of allylic oxidation sites excluding steroid dienone is 1. The zero-order valence-corrected chi connectivity index (χ0v) is 19.8. The number of benzene rings is 1. The first kappa shape index (κ1) is 22.9. The number of fused-ring (bicyclic) bond motifs is 5. The van der Waals surface area contributed by atoms with Gasteiger partial charge in [-0.2, -0.15) is 0 Å². The largest absolute Gasteiger partial charge is 0.450 e. The number of hydrogen-bond donors (Lipinski definition) is 0. The summed E-state index contributed by atoms with van der Waals surface area (Å²) >= 11 is 0. The summed E-state index contributed by atoms with van der Waals surface area (Å²) in [5.74, 6) is 4.05. The van der Waals surface area contributed by atoms with Crippen molar-refractivity contribution in [3.8, 4) is 12.3 Å². The van der Waals surface area contributed by atoms with Crippen molar-refractivity contribution in [3.63, 3.8) is 0 Å². The van der Waals surface area contributed by atoms with E-state index in [4.69, 9.17) is 15.9 Å². The van der Waals surface area contributed by atoms with Crippen molar-refractivity contribution in [1.29, 1.82) is 0 Å². The molecule has 0 N–H and O–H groups in total. The second-order valence-electron chi connectivity index (χ2n) is 10.7. The van der Waals surface area contributed by atoms with E-state index in [2.05, 4.69) is 12.8 Å². The predicted octanol–water partition coefficient (Wildman–Crippen LogP) is 4.90. The minimum absolute atomic E-state index is 0.275. The minimum Gasteiger partial charge on any atom is -0.450 e. The number of hydrogen-bond acceptors (Lipinski definition) is 5. The molecule has 5 heteroatoms. The average molecular weight is 461 g/mol. The van der Waals surface area contributed by atoms with Crippen LogP contribution in [0.15, 0.2) is 42.0 Å². The Morgan fingerprint density at radius 2 is 1.85 bits per heavy atom. The van der Waals surface area contributed by atoms with E-state index < -0.39 is 24.1 Å². The first-order valence-electron chi connectivity index (χ1n) is 12.5. The van der Waals surface area contributed by atoms with Gasteiger partial charge in [-0.1, -0.05) is 36.6 Å². The number of carbonyl (C=O) groups is 3. The molecular formula is C29H32O5. The van der Waals surface area contributed by atoms with Crippen molar-refractivity contribution >= 4 is 17.7 Å². The summed E-state index contributed by atoms with van der Waals surface area (Å²) in [7, 11) is 0. The number of ketones is 1. The predicted molar refractivity (Wildman–Crippen MR) is 126 cm³/mol. The Labute approximate surface area is 201 Å². The van der Waals surface area contributed by atoms with Gasteiger partial charge in [0.1, 0.15) is 0 Å². The first-order valence-corrected chi connectivity index (χ1v) is 12.5. The van der Waals surface area contributed by atoms with E-state index in [1.54, 1.807) is 24.3 Å². The summed E-state index contributed by atoms with van der Waals surface area (Å²) in [5.41, 5.74) is 0.475. The van der Waals surface area contributed by atoms with Crippen LogP contribution in [0.4, 0.5) is 0 Å². The number of esters is 2. The molecule has 0 radical (unpaired) electrons. The van der Waals surface area contributed by atoms with Crippen molar-refractivity contribution in [2.45, 2.75) is 63.9 Å². The van der Waals surface area contributed by atoms with Crippen molar-refractivity contribution in [2.75, 3.05) is 6.61 Å². The van der Waals surface area contributed by atoms with Crippen molar-refractivity contribution in [2.24, 2.45) is 29.1 Å². The van der Waals surface area contributed by atoms with Crippen LogP contribution in [0.5, 0.6) is 0 Å². The monoisotopic (exact) mass is 460 g/mol. The second kappa shape index (κ2) is 8.73. The van der Waals surface area contributed by atoms with Crippen LogP contribution in [0.2, 0.25) is 0 Å². The lowest BCUT2D eigenvalue weighted by Gasteiger charge is -2.55. The van der Waals surface area contributed by atoms with Crippen LogP contribution in [-0.4, -0.2) is 29.9 Å². The average Bonchev–Trinajstić information content (AvgIpc) is 3.15. The molecule has 0 aromatic heterocycles. The van der Waals surface area contributed by atoms with E-state index in [1.807, 2.05) is 12.1 Å². The van der Waals surface area contributed by atoms with Gasteiger partial charge >= 0.3 is 11.9 Å². The molecule has 1 aromatic carbocycles.